The molecule has 0 amide bonds. The zero-order valence-electron chi connectivity index (χ0n) is 7.19. The highest BCUT2D eigenvalue weighted by Crippen LogP contribution is 2.30. The summed E-state index contributed by atoms with van der Waals surface area (Å²) in [7, 11) is 0. The van der Waals surface area contributed by atoms with E-state index in [9.17, 15) is 0 Å². The molecule has 4 heteroatoms. The smallest absolute Gasteiger partial charge is 0.159 e. The van der Waals surface area contributed by atoms with Crippen molar-refractivity contribution >= 4 is 28.3 Å². The number of fused-ring (bicyclic) bond motifs is 1. The fraction of sp³-hybridized carbons (Fsp3) is 0.444. The number of aliphatic imine (C=N–C) groups is 1. The van der Waals surface area contributed by atoms with Gasteiger partial charge in [-0.05, 0) is 17.0 Å². The van der Waals surface area contributed by atoms with Crippen LogP contribution in [-0.4, -0.2) is 22.4 Å². The molecule has 0 N–H and O–H groups in total. The van der Waals surface area contributed by atoms with Gasteiger partial charge in [-0.25, -0.2) is 0 Å². The average Bonchev–Trinajstić information content (AvgIpc) is 2.78. The zero-order chi connectivity index (χ0) is 8.67. The van der Waals surface area contributed by atoms with Gasteiger partial charge < -0.3 is 4.90 Å². The van der Waals surface area contributed by atoms with Crippen molar-refractivity contribution in [2.24, 2.45) is 4.99 Å². The van der Waals surface area contributed by atoms with E-state index in [0.29, 0.717) is 0 Å². The molecule has 0 saturated heterocycles. The fourth-order valence-corrected chi connectivity index (χ4v) is 3.50. The molecule has 1 aromatic heterocycles. The topological polar surface area (TPSA) is 15.6 Å². The zero-order valence-corrected chi connectivity index (χ0v) is 8.83. The van der Waals surface area contributed by atoms with Crippen LogP contribution >= 0.6 is 23.1 Å². The largest absolute Gasteiger partial charge is 0.342 e. The summed E-state index contributed by atoms with van der Waals surface area (Å²) in [5.41, 5.74) is 1.50. The van der Waals surface area contributed by atoms with E-state index in [1.807, 2.05) is 23.1 Å². The van der Waals surface area contributed by atoms with Crippen LogP contribution in [0.25, 0.3) is 0 Å². The van der Waals surface area contributed by atoms with E-state index in [4.69, 9.17) is 0 Å². The first-order valence-electron chi connectivity index (χ1n) is 4.41. The molecule has 0 fully saturated rings. The molecule has 0 radical (unpaired) electrons. The van der Waals surface area contributed by atoms with Crippen molar-refractivity contribution in [2.75, 3.05) is 12.3 Å². The van der Waals surface area contributed by atoms with Crippen LogP contribution < -0.4 is 0 Å². The second-order valence-electron chi connectivity index (χ2n) is 3.24. The summed E-state index contributed by atoms with van der Waals surface area (Å²) in [5, 5.41) is 3.44. The van der Waals surface area contributed by atoms with Crippen LogP contribution in [0.2, 0.25) is 0 Å². The maximum atomic E-state index is 4.49. The van der Waals surface area contributed by atoms with Crippen molar-refractivity contribution in [3.8, 4) is 0 Å². The summed E-state index contributed by atoms with van der Waals surface area (Å²) in [5.74, 6) is 1.17. The van der Waals surface area contributed by atoms with Crippen molar-refractivity contribution in [1.29, 1.82) is 0 Å². The first-order chi connectivity index (χ1) is 6.43. The number of rotatable bonds is 0. The van der Waals surface area contributed by atoms with Crippen molar-refractivity contribution in [2.45, 2.75) is 13.1 Å². The molecule has 3 heterocycles. The monoisotopic (exact) mass is 210 g/mol. The molecule has 0 atom stereocenters. The van der Waals surface area contributed by atoms with Crippen LogP contribution in [0.3, 0.4) is 0 Å². The summed E-state index contributed by atoms with van der Waals surface area (Å²) in [4.78, 5) is 8.40. The predicted octanol–water partition coefficient (Wildman–Crippen LogP) is 2.17. The van der Waals surface area contributed by atoms with Crippen LogP contribution in [-0.2, 0) is 13.1 Å². The first kappa shape index (κ1) is 7.88. The lowest BCUT2D eigenvalue weighted by Crippen LogP contribution is -2.21. The Morgan fingerprint density at radius 3 is 3.15 bits per heavy atom. The van der Waals surface area contributed by atoms with Crippen LogP contribution in [0.5, 0.6) is 0 Å². The number of amidine groups is 1. The molecule has 2 aliphatic rings. The van der Waals surface area contributed by atoms with Gasteiger partial charge in [0.25, 0.3) is 0 Å². The Bertz CT molecular complexity index is 336. The van der Waals surface area contributed by atoms with Gasteiger partial charge in [0.15, 0.2) is 5.17 Å². The van der Waals surface area contributed by atoms with Gasteiger partial charge in [0, 0.05) is 17.2 Å². The van der Waals surface area contributed by atoms with Crippen molar-refractivity contribution in [3.05, 3.63) is 21.9 Å². The molecular formula is C9H10N2S2. The second kappa shape index (κ2) is 3.03. The Morgan fingerprint density at radius 2 is 2.38 bits per heavy atom. The van der Waals surface area contributed by atoms with Crippen LogP contribution in [0.1, 0.15) is 10.4 Å². The van der Waals surface area contributed by atoms with Crippen molar-refractivity contribution in [3.63, 3.8) is 0 Å². The third-order valence-electron chi connectivity index (χ3n) is 2.37. The van der Waals surface area contributed by atoms with Gasteiger partial charge in [-0.2, -0.15) is 0 Å². The van der Waals surface area contributed by atoms with Crippen molar-refractivity contribution in [1.82, 2.24) is 4.90 Å². The maximum absolute atomic E-state index is 4.49. The number of hydrogen-bond donors (Lipinski definition) is 0. The Balaban J connectivity index is 1.81. The SMILES string of the molecule is c1cc2c(s1)CN(C1=NCCS1)C2. The van der Waals surface area contributed by atoms with E-state index in [1.165, 1.54) is 21.4 Å². The van der Waals surface area contributed by atoms with Crippen molar-refractivity contribution < 1.29 is 0 Å². The summed E-state index contributed by atoms with van der Waals surface area (Å²) < 4.78 is 0. The standard InChI is InChI=1S/C9H10N2S2/c1-3-12-8-6-11(5-7(1)8)9-10-2-4-13-9/h1,3H,2,4-6H2. The van der Waals surface area contributed by atoms with E-state index in [2.05, 4.69) is 21.3 Å². The highest BCUT2D eigenvalue weighted by atomic mass is 32.2. The van der Waals surface area contributed by atoms with Gasteiger partial charge in [-0.1, -0.05) is 11.8 Å². The van der Waals surface area contributed by atoms with Gasteiger partial charge in [0.05, 0.1) is 13.1 Å². The third kappa shape index (κ3) is 1.28. The molecule has 2 nitrogen and oxygen atoms in total. The Morgan fingerprint density at radius 1 is 1.38 bits per heavy atom. The molecule has 0 aliphatic carbocycles. The molecule has 2 aliphatic heterocycles. The number of thiophene rings is 1. The minimum atomic E-state index is 1.00. The number of hydrogen-bond acceptors (Lipinski definition) is 4. The van der Waals surface area contributed by atoms with E-state index in [1.54, 1.807) is 0 Å². The highest BCUT2D eigenvalue weighted by molar-refractivity contribution is 8.14. The van der Waals surface area contributed by atoms with Gasteiger partial charge in [-0.3, -0.25) is 4.99 Å². The molecule has 0 unspecified atom stereocenters. The molecule has 0 bridgehead atoms. The van der Waals surface area contributed by atoms with Gasteiger partial charge in [0.2, 0.25) is 0 Å². The molecule has 0 aromatic carbocycles. The Hall–Kier alpha value is -0.480. The lowest BCUT2D eigenvalue weighted by atomic mass is 10.3. The normalized spacial score (nSPS) is 20.6. The number of thioether (sulfide) groups is 1. The lowest BCUT2D eigenvalue weighted by Gasteiger charge is -2.15. The third-order valence-corrected chi connectivity index (χ3v) is 4.35. The molecule has 3 rings (SSSR count). The minimum Gasteiger partial charge on any atom is -0.342 e. The van der Waals surface area contributed by atoms with Crippen LogP contribution in [0.4, 0.5) is 0 Å². The van der Waals surface area contributed by atoms with Crippen LogP contribution in [0.15, 0.2) is 16.4 Å². The van der Waals surface area contributed by atoms with E-state index >= 15 is 0 Å². The molecule has 13 heavy (non-hydrogen) atoms. The lowest BCUT2D eigenvalue weighted by molar-refractivity contribution is 0.458. The summed E-state index contributed by atoms with van der Waals surface area (Å²) in [6, 6.07) is 2.24. The molecule has 1 aromatic rings. The van der Waals surface area contributed by atoms with Gasteiger partial charge in [-0.15, -0.1) is 11.3 Å². The maximum Gasteiger partial charge on any atom is 0.159 e. The highest BCUT2D eigenvalue weighted by Gasteiger charge is 2.24. The quantitative estimate of drug-likeness (QED) is 0.652. The summed E-state index contributed by atoms with van der Waals surface area (Å²) in [6.07, 6.45) is 0. The minimum absolute atomic E-state index is 1.00. The van der Waals surface area contributed by atoms with Gasteiger partial charge in [0.1, 0.15) is 0 Å². The van der Waals surface area contributed by atoms with E-state index in [-0.39, 0.29) is 0 Å². The number of nitrogens with zero attached hydrogens (tertiary/aromatic N) is 2. The summed E-state index contributed by atoms with van der Waals surface area (Å²) in [6.45, 7) is 3.16. The van der Waals surface area contributed by atoms with Crippen LogP contribution in [0, 0.1) is 0 Å². The Labute approximate surface area is 85.7 Å². The Kier molecular flexibility index (Phi) is 1.84. The van der Waals surface area contributed by atoms with Gasteiger partial charge >= 0.3 is 0 Å². The average molecular weight is 210 g/mol. The molecular weight excluding hydrogens is 200 g/mol. The summed E-state index contributed by atoms with van der Waals surface area (Å²) >= 11 is 3.76. The molecule has 0 spiro atoms. The second-order valence-corrected chi connectivity index (χ2v) is 5.30. The predicted molar refractivity (Wildman–Crippen MR) is 58.3 cm³/mol. The first-order valence-corrected chi connectivity index (χ1v) is 6.27. The molecule has 68 valence electrons. The van der Waals surface area contributed by atoms with E-state index < -0.39 is 0 Å². The van der Waals surface area contributed by atoms with E-state index in [0.717, 1.165) is 19.6 Å². The molecule has 0 saturated carbocycles. The fourth-order valence-electron chi connectivity index (χ4n) is 1.73.